The number of hydrogen-bond acceptors (Lipinski definition) is 3. The molecule has 0 unspecified atom stereocenters. The van der Waals surface area contributed by atoms with E-state index in [9.17, 15) is 4.79 Å². The van der Waals surface area contributed by atoms with E-state index in [0.29, 0.717) is 11.6 Å². The molecule has 1 aliphatic carbocycles. The van der Waals surface area contributed by atoms with Crippen molar-refractivity contribution in [2.24, 2.45) is 0 Å². The number of thioether (sulfide) groups is 1. The van der Waals surface area contributed by atoms with Gasteiger partial charge < -0.3 is 5.32 Å². The smallest absolute Gasteiger partial charge is 0.254 e. The molecule has 0 atom stereocenters. The van der Waals surface area contributed by atoms with E-state index in [1.807, 2.05) is 18.2 Å². The Kier molecular flexibility index (Phi) is 6.30. The molecule has 0 radical (unpaired) electrons. The molecule has 0 aliphatic heterocycles. The van der Waals surface area contributed by atoms with Crippen molar-refractivity contribution >= 4 is 17.7 Å². The Hall–Kier alpha value is -1.81. The van der Waals surface area contributed by atoms with Gasteiger partial charge >= 0.3 is 0 Å². The molecule has 126 valence electrons. The first-order valence-corrected chi connectivity index (χ1v) is 9.74. The Labute approximate surface area is 148 Å². The fraction of sp³-hybridized carbons (Fsp3) is 0.400. The summed E-state index contributed by atoms with van der Waals surface area (Å²) in [6, 6.07) is 14.5. The van der Waals surface area contributed by atoms with Gasteiger partial charge in [-0.05, 0) is 37.0 Å². The summed E-state index contributed by atoms with van der Waals surface area (Å²) in [6.45, 7) is 0. The molecule has 1 N–H and O–H groups in total. The number of nitrogens with one attached hydrogen (secondary N) is 1. The Bertz CT molecular complexity index is 654. The molecule has 1 amide bonds. The van der Waals surface area contributed by atoms with Crippen LogP contribution >= 0.6 is 11.8 Å². The number of aryl methyl sites for hydroxylation is 1. The molecule has 1 aromatic heterocycles. The van der Waals surface area contributed by atoms with Crippen molar-refractivity contribution < 1.29 is 4.79 Å². The van der Waals surface area contributed by atoms with Gasteiger partial charge in [0.2, 0.25) is 0 Å². The minimum Gasteiger partial charge on any atom is -0.349 e. The van der Waals surface area contributed by atoms with Crippen LogP contribution in [0.1, 0.15) is 48.0 Å². The molecule has 1 aromatic carbocycles. The van der Waals surface area contributed by atoms with Crippen LogP contribution in [0.15, 0.2) is 53.7 Å². The number of amides is 1. The van der Waals surface area contributed by atoms with E-state index < -0.39 is 0 Å². The summed E-state index contributed by atoms with van der Waals surface area (Å²) in [5, 5.41) is 4.03. The molecule has 1 fully saturated rings. The highest BCUT2D eigenvalue weighted by molar-refractivity contribution is 7.99. The zero-order valence-corrected chi connectivity index (χ0v) is 14.7. The fourth-order valence-corrected chi connectivity index (χ4v) is 4.08. The number of aromatic nitrogens is 1. The van der Waals surface area contributed by atoms with Crippen molar-refractivity contribution in [3.8, 4) is 0 Å². The fourth-order valence-electron chi connectivity index (χ4n) is 3.10. The predicted molar refractivity (Wildman–Crippen MR) is 99.4 cm³/mol. The molecular weight excluding hydrogens is 316 g/mol. The van der Waals surface area contributed by atoms with E-state index in [4.69, 9.17) is 0 Å². The molecule has 1 saturated carbocycles. The van der Waals surface area contributed by atoms with Crippen molar-refractivity contribution in [1.82, 2.24) is 10.3 Å². The topological polar surface area (TPSA) is 42.0 Å². The lowest BCUT2D eigenvalue weighted by Crippen LogP contribution is -2.36. The average molecular weight is 340 g/mol. The van der Waals surface area contributed by atoms with Crippen molar-refractivity contribution in [1.29, 1.82) is 0 Å². The second-order valence-electron chi connectivity index (χ2n) is 6.25. The molecular formula is C20H24N2OS. The minimum absolute atomic E-state index is 0.0252. The first kappa shape index (κ1) is 17.0. The highest BCUT2D eigenvalue weighted by Gasteiger charge is 2.19. The van der Waals surface area contributed by atoms with E-state index in [0.717, 1.165) is 30.0 Å². The van der Waals surface area contributed by atoms with Gasteiger partial charge in [0.15, 0.2) is 0 Å². The van der Waals surface area contributed by atoms with Crippen LogP contribution in [0.5, 0.6) is 0 Å². The van der Waals surface area contributed by atoms with Crippen molar-refractivity contribution in [3.63, 3.8) is 0 Å². The summed E-state index contributed by atoms with van der Waals surface area (Å²) in [6.07, 6.45) is 8.67. The third-order valence-electron chi connectivity index (χ3n) is 4.43. The lowest BCUT2D eigenvalue weighted by molar-refractivity contribution is 0.0924. The van der Waals surface area contributed by atoms with Gasteiger partial charge in [0.25, 0.3) is 5.91 Å². The van der Waals surface area contributed by atoms with Crippen LogP contribution in [0.3, 0.4) is 0 Å². The normalized spacial score (nSPS) is 15.2. The van der Waals surface area contributed by atoms with Gasteiger partial charge in [-0.1, -0.05) is 49.6 Å². The summed E-state index contributed by atoms with van der Waals surface area (Å²) in [5.74, 6) is 0.947. The molecule has 0 bridgehead atoms. The van der Waals surface area contributed by atoms with Gasteiger partial charge in [0, 0.05) is 18.0 Å². The van der Waals surface area contributed by atoms with Gasteiger partial charge in [-0.2, -0.15) is 0 Å². The standard InChI is InChI=1S/C20H24N2OS/c23-19(22-17-10-5-2-6-11-17)18-12-7-14-21-20(18)24-15-13-16-8-3-1-4-9-16/h1,3-4,7-9,12,14,17H,2,5-6,10-11,13,15H2,(H,22,23). The first-order chi connectivity index (χ1) is 11.8. The van der Waals surface area contributed by atoms with Crippen LogP contribution < -0.4 is 5.32 Å². The number of nitrogens with zero attached hydrogens (tertiary/aromatic N) is 1. The molecule has 3 rings (SSSR count). The van der Waals surface area contributed by atoms with Crippen LogP contribution in [0.2, 0.25) is 0 Å². The number of rotatable bonds is 6. The second-order valence-corrected chi connectivity index (χ2v) is 7.33. The van der Waals surface area contributed by atoms with E-state index >= 15 is 0 Å². The van der Waals surface area contributed by atoms with Crippen LogP contribution in [0.25, 0.3) is 0 Å². The summed E-state index contributed by atoms with van der Waals surface area (Å²) in [7, 11) is 0. The molecule has 24 heavy (non-hydrogen) atoms. The maximum atomic E-state index is 12.6. The Morgan fingerprint density at radius 3 is 2.67 bits per heavy atom. The van der Waals surface area contributed by atoms with E-state index in [-0.39, 0.29) is 5.91 Å². The van der Waals surface area contributed by atoms with Crippen LogP contribution in [-0.4, -0.2) is 22.7 Å². The number of benzene rings is 1. The lowest BCUT2D eigenvalue weighted by atomic mass is 9.95. The molecule has 3 nitrogen and oxygen atoms in total. The summed E-state index contributed by atoms with van der Waals surface area (Å²) < 4.78 is 0. The summed E-state index contributed by atoms with van der Waals surface area (Å²) in [4.78, 5) is 17.0. The van der Waals surface area contributed by atoms with Crippen LogP contribution in [-0.2, 0) is 6.42 Å². The predicted octanol–water partition coefficient (Wildman–Crippen LogP) is 4.48. The summed E-state index contributed by atoms with van der Waals surface area (Å²) in [5.41, 5.74) is 2.02. The highest BCUT2D eigenvalue weighted by Crippen LogP contribution is 2.23. The maximum Gasteiger partial charge on any atom is 0.254 e. The number of hydrogen-bond donors (Lipinski definition) is 1. The van der Waals surface area contributed by atoms with E-state index in [1.165, 1.54) is 24.8 Å². The Balaban J connectivity index is 1.58. The molecule has 1 heterocycles. The van der Waals surface area contributed by atoms with Crippen LogP contribution in [0, 0.1) is 0 Å². The largest absolute Gasteiger partial charge is 0.349 e. The van der Waals surface area contributed by atoms with Gasteiger partial charge in [0.05, 0.1) is 5.56 Å². The van der Waals surface area contributed by atoms with Crippen molar-refractivity contribution in [2.45, 2.75) is 49.6 Å². The van der Waals surface area contributed by atoms with Gasteiger partial charge in [-0.25, -0.2) is 4.98 Å². The van der Waals surface area contributed by atoms with Crippen molar-refractivity contribution in [2.75, 3.05) is 5.75 Å². The number of pyridine rings is 1. The second kappa shape index (κ2) is 8.88. The number of carbonyl (C=O) groups excluding carboxylic acids is 1. The Morgan fingerprint density at radius 2 is 1.88 bits per heavy atom. The zero-order chi connectivity index (χ0) is 16.6. The van der Waals surface area contributed by atoms with Gasteiger partial charge in [0.1, 0.15) is 5.03 Å². The molecule has 0 spiro atoms. The minimum atomic E-state index is 0.0252. The molecule has 1 aliphatic rings. The van der Waals surface area contributed by atoms with Gasteiger partial charge in [-0.15, -0.1) is 11.8 Å². The number of carbonyl (C=O) groups is 1. The third kappa shape index (κ3) is 4.84. The van der Waals surface area contributed by atoms with Crippen LogP contribution in [0.4, 0.5) is 0 Å². The third-order valence-corrected chi connectivity index (χ3v) is 5.44. The SMILES string of the molecule is O=C(NC1CCCCC1)c1cccnc1SCCc1ccccc1. The molecule has 0 saturated heterocycles. The highest BCUT2D eigenvalue weighted by atomic mass is 32.2. The monoisotopic (exact) mass is 340 g/mol. The lowest BCUT2D eigenvalue weighted by Gasteiger charge is -2.23. The maximum absolute atomic E-state index is 12.6. The van der Waals surface area contributed by atoms with Crippen molar-refractivity contribution in [3.05, 3.63) is 59.8 Å². The summed E-state index contributed by atoms with van der Waals surface area (Å²) >= 11 is 1.66. The quantitative estimate of drug-likeness (QED) is 0.788. The molecule has 2 aromatic rings. The zero-order valence-electron chi connectivity index (χ0n) is 13.9. The van der Waals surface area contributed by atoms with E-state index in [1.54, 1.807) is 18.0 Å². The van der Waals surface area contributed by atoms with Gasteiger partial charge in [-0.3, -0.25) is 4.79 Å². The average Bonchev–Trinajstić information content (AvgIpc) is 2.64. The molecule has 4 heteroatoms. The Morgan fingerprint density at radius 1 is 1.08 bits per heavy atom. The first-order valence-electron chi connectivity index (χ1n) is 8.75. The van der Waals surface area contributed by atoms with E-state index in [2.05, 4.69) is 34.6 Å².